The van der Waals surface area contributed by atoms with Crippen molar-refractivity contribution in [3.63, 3.8) is 0 Å². The van der Waals surface area contributed by atoms with E-state index in [2.05, 4.69) is 16.0 Å². The van der Waals surface area contributed by atoms with Gasteiger partial charge in [-0.1, -0.05) is 71.6 Å². The van der Waals surface area contributed by atoms with Crippen LogP contribution >= 0.6 is 0 Å². The van der Waals surface area contributed by atoms with Crippen LogP contribution < -0.4 is 21.7 Å². The van der Waals surface area contributed by atoms with Crippen LogP contribution in [0, 0.1) is 17.8 Å². The maximum Gasteiger partial charge on any atom is 0.315 e. The molecule has 0 spiro atoms. The number of carbonyl (C=O) groups is 5. The van der Waals surface area contributed by atoms with E-state index < -0.39 is 57.1 Å². The van der Waals surface area contributed by atoms with Crippen LogP contribution in [0.3, 0.4) is 0 Å². The number of nitrogens with one attached hydrogen (secondary N) is 3. The first-order valence-corrected chi connectivity index (χ1v) is 19.8. The maximum absolute atomic E-state index is 14.3. The van der Waals surface area contributed by atoms with E-state index in [0.29, 0.717) is 45.1 Å². The molecule has 13 heteroatoms. The van der Waals surface area contributed by atoms with E-state index in [1.807, 2.05) is 13.8 Å². The Morgan fingerprint density at radius 1 is 0.851 bits per heavy atom. The minimum atomic E-state index is -3.42. The molecule has 5 amide bonds. The maximum atomic E-state index is 14.3. The number of rotatable bonds is 15. The third kappa shape index (κ3) is 10.4. The number of urea groups is 1. The number of nitrogens with zero attached hydrogens (tertiary/aromatic N) is 1. The number of primary amides is 1. The molecule has 1 aliphatic heterocycles. The lowest BCUT2D eigenvalue weighted by atomic mass is 9.80. The lowest BCUT2D eigenvalue weighted by molar-refractivity contribution is -0.143. The number of hydrogen-bond acceptors (Lipinski definition) is 7. The Labute approximate surface area is 280 Å². The van der Waals surface area contributed by atoms with Gasteiger partial charge in [0.1, 0.15) is 12.1 Å². The molecule has 3 aliphatic carbocycles. The van der Waals surface area contributed by atoms with E-state index >= 15 is 0 Å². The fraction of sp³-hybridized carbons (Fsp3) is 0.853. The Morgan fingerprint density at radius 3 is 2.11 bits per heavy atom. The van der Waals surface area contributed by atoms with Crippen LogP contribution in [0.1, 0.15) is 123 Å². The SMILES string of the molecule is CC(C)CCS(=O)(=O)CC1(NC(=O)N[C@H](C(=O)N2CCC[C@H]2C(=O)NC(CC2CCC2)C(=O)C(N)=O)C2CCCCC2)CCCCC1. The van der Waals surface area contributed by atoms with Gasteiger partial charge in [-0.25, -0.2) is 13.2 Å². The number of ketones is 1. The molecular weight excluding hydrogens is 622 g/mol. The normalized spacial score (nSPS) is 23.4. The van der Waals surface area contributed by atoms with Crippen molar-refractivity contribution in [3.8, 4) is 0 Å². The van der Waals surface area contributed by atoms with Crippen molar-refractivity contribution in [2.75, 3.05) is 18.1 Å². The van der Waals surface area contributed by atoms with Crippen LogP contribution in [0.25, 0.3) is 0 Å². The van der Waals surface area contributed by atoms with Crippen LogP contribution in [-0.4, -0.2) is 84.6 Å². The summed E-state index contributed by atoms with van der Waals surface area (Å²) in [5, 5.41) is 8.75. The lowest BCUT2D eigenvalue weighted by Crippen LogP contribution is -2.62. The minimum absolute atomic E-state index is 0.0733. The predicted octanol–water partition coefficient (Wildman–Crippen LogP) is 3.12. The van der Waals surface area contributed by atoms with Gasteiger partial charge in [-0.15, -0.1) is 0 Å². The van der Waals surface area contributed by atoms with Gasteiger partial charge in [0.25, 0.3) is 5.91 Å². The molecule has 266 valence electrons. The fourth-order valence-corrected chi connectivity index (χ4v) is 10.1. The zero-order valence-electron chi connectivity index (χ0n) is 28.4. The van der Waals surface area contributed by atoms with Crippen molar-refractivity contribution < 1.29 is 32.4 Å². The summed E-state index contributed by atoms with van der Waals surface area (Å²) in [7, 11) is -3.42. The number of sulfone groups is 1. The Hall–Kier alpha value is -2.70. The molecule has 4 fully saturated rings. The molecule has 5 N–H and O–H groups in total. The van der Waals surface area contributed by atoms with E-state index in [9.17, 15) is 32.4 Å². The first kappa shape index (κ1) is 37.1. The monoisotopic (exact) mass is 679 g/mol. The number of carbonyl (C=O) groups excluding carboxylic acids is 5. The van der Waals surface area contributed by atoms with Crippen LogP contribution in [0.5, 0.6) is 0 Å². The molecule has 0 radical (unpaired) electrons. The van der Waals surface area contributed by atoms with Gasteiger partial charge in [0.15, 0.2) is 9.84 Å². The van der Waals surface area contributed by atoms with Crippen LogP contribution in [0.4, 0.5) is 4.79 Å². The van der Waals surface area contributed by atoms with Crippen molar-refractivity contribution in [2.45, 2.75) is 147 Å². The molecule has 47 heavy (non-hydrogen) atoms. The Morgan fingerprint density at radius 2 is 1.51 bits per heavy atom. The summed E-state index contributed by atoms with van der Waals surface area (Å²) in [6.07, 6.45) is 12.9. The fourth-order valence-electron chi connectivity index (χ4n) is 7.92. The summed E-state index contributed by atoms with van der Waals surface area (Å²) >= 11 is 0. The third-order valence-corrected chi connectivity index (χ3v) is 12.7. The molecule has 4 rings (SSSR count). The van der Waals surface area contributed by atoms with Crippen molar-refractivity contribution in [3.05, 3.63) is 0 Å². The summed E-state index contributed by atoms with van der Waals surface area (Å²) < 4.78 is 26.3. The highest BCUT2D eigenvalue weighted by Crippen LogP contribution is 2.33. The van der Waals surface area contributed by atoms with Crippen molar-refractivity contribution in [1.29, 1.82) is 0 Å². The van der Waals surface area contributed by atoms with Gasteiger partial charge in [0, 0.05) is 6.54 Å². The van der Waals surface area contributed by atoms with Crippen LogP contribution in [0.2, 0.25) is 0 Å². The van der Waals surface area contributed by atoms with Gasteiger partial charge in [-0.3, -0.25) is 19.2 Å². The number of hydrogen-bond donors (Lipinski definition) is 4. The van der Waals surface area contributed by atoms with Crippen molar-refractivity contribution >= 4 is 39.4 Å². The van der Waals surface area contributed by atoms with E-state index in [1.54, 1.807) is 0 Å². The van der Waals surface area contributed by atoms with Gasteiger partial charge in [-0.05, 0) is 69.1 Å². The average Bonchev–Trinajstić information content (AvgIpc) is 3.50. The lowest BCUT2D eigenvalue weighted by Gasteiger charge is -2.39. The predicted molar refractivity (Wildman–Crippen MR) is 179 cm³/mol. The summed E-state index contributed by atoms with van der Waals surface area (Å²) in [5.74, 6) is -2.44. The molecule has 3 saturated carbocycles. The first-order valence-electron chi connectivity index (χ1n) is 18.0. The largest absolute Gasteiger partial charge is 0.363 e. The van der Waals surface area contributed by atoms with Crippen molar-refractivity contribution in [2.24, 2.45) is 23.5 Å². The standard InChI is InChI=1S/C34H57N5O7S/c1-23(2)16-20-47(45,46)22-34(17-7-4-8-18-34)38-33(44)37-28(25-13-5-3-6-14-25)32(43)39-19-10-15-27(39)31(42)36-26(29(40)30(35)41)21-24-11-9-12-24/h23-28H,3-22H2,1-2H3,(H2,35,41)(H,36,42)(H2,37,38,44)/t26?,27-,28-/m0/s1. The topological polar surface area (TPSA) is 185 Å². The number of amides is 5. The highest BCUT2D eigenvalue weighted by atomic mass is 32.2. The minimum Gasteiger partial charge on any atom is -0.363 e. The summed E-state index contributed by atoms with van der Waals surface area (Å²) in [6, 6.07) is -3.29. The van der Waals surface area contributed by atoms with Gasteiger partial charge < -0.3 is 26.6 Å². The second kappa shape index (κ2) is 16.6. The summed E-state index contributed by atoms with van der Waals surface area (Å²) in [5.41, 5.74) is 4.41. The highest BCUT2D eigenvalue weighted by Gasteiger charge is 2.44. The Bertz CT molecular complexity index is 1240. The van der Waals surface area contributed by atoms with E-state index in [4.69, 9.17) is 5.73 Å². The molecule has 0 aromatic carbocycles. The quantitative estimate of drug-likeness (QED) is 0.192. The molecule has 12 nitrogen and oxygen atoms in total. The molecule has 4 aliphatic rings. The molecule has 0 aromatic heterocycles. The van der Waals surface area contributed by atoms with Gasteiger partial charge >= 0.3 is 6.03 Å². The zero-order chi connectivity index (χ0) is 34.2. The third-order valence-electron chi connectivity index (χ3n) is 10.9. The second-order valence-electron chi connectivity index (χ2n) is 15.1. The molecule has 1 heterocycles. The molecule has 3 atom stereocenters. The first-order chi connectivity index (χ1) is 22.3. The van der Waals surface area contributed by atoms with Crippen LogP contribution in [0.15, 0.2) is 0 Å². The Balaban J connectivity index is 1.48. The summed E-state index contributed by atoms with van der Waals surface area (Å²) in [4.78, 5) is 67.4. The smallest absolute Gasteiger partial charge is 0.315 e. The van der Waals surface area contributed by atoms with E-state index in [-0.39, 0.29) is 35.2 Å². The zero-order valence-corrected chi connectivity index (χ0v) is 29.2. The van der Waals surface area contributed by atoms with E-state index in [1.165, 1.54) is 4.90 Å². The number of nitrogens with two attached hydrogens (primary N) is 1. The van der Waals surface area contributed by atoms with Crippen molar-refractivity contribution in [1.82, 2.24) is 20.9 Å². The summed E-state index contributed by atoms with van der Waals surface area (Å²) in [6.45, 7) is 4.31. The molecule has 0 bridgehead atoms. The van der Waals surface area contributed by atoms with Gasteiger partial charge in [-0.2, -0.15) is 0 Å². The molecule has 0 aromatic rings. The second-order valence-corrected chi connectivity index (χ2v) is 17.3. The molecule has 1 unspecified atom stereocenters. The molecular formula is C34H57N5O7S. The van der Waals surface area contributed by atoms with Gasteiger partial charge in [0.2, 0.25) is 17.6 Å². The number of likely N-dealkylation sites (tertiary alicyclic amines) is 1. The highest BCUT2D eigenvalue weighted by molar-refractivity contribution is 7.91. The Kier molecular flexibility index (Phi) is 13.1. The molecule has 1 saturated heterocycles. The van der Waals surface area contributed by atoms with Gasteiger partial charge in [0.05, 0.1) is 23.1 Å². The van der Waals surface area contributed by atoms with E-state index in [0.717, 1.165) is 70.6 Å². The number of Topliss-reactive ketones (excluding diaryl/α,β-unsaturated/α-hetero) is 1. The average molecular weight is 680 g/mol. The van der Waals surface area contributed by atoms with Crippen LogP contribution in [-0.2, 0) is 29.0 Å².